The molecule has 0 unspecified atom stereocenters. The number of carbonyl (C=O) groups is 2. The predicted octanol–water partition coefficient (Wildman–Crippen LogP) is 4.28. The van der Waals surface area contributed by atoms with Crippen molar-refractivity contribution in [2.75, 3.05) is 25.4 Å². The van der Waals surface area contributed by atoms with E-state index in [1.54, 1.807) is 19.3 Å². The van der Waals surface area contributed by atoms with E-state index in [9.17, 15) is 9.59 Å². The number of nitrogens with one attached hydrogen (secondary N) is 1. The van der Waals surface area contributed by atoms with Gasteiger partial charge in [0.1, 0.15) is 0 Å². The number of aryl methyl sites for hydroxylation is 1. The Morgan fingerprint density at radius 3 is 2.63 bits per heavy atom. The van der Waals surface area contributed by atoms with Crippen LogP contribution in [0.4, 0.5) is 4.79 Å². The van der Waals surface area contributed by atoms with E-state index in [4.69, 9.17) is 0 Å². The Bertz CT molecular complexity index is 562. The highest BCUT2D eigenvalue weighted by Crippen LogP contribution is 2.26. The lowest BCUT2D eigenvalue weighted by atomic mass is 9.87. The second kappa shape index (κ2) is 12.8. The fourth-order valence-electron chi connectivity index (χ4n) is 3.58. The van der Waals surface area contributed by atoms with Crippen LogP contribution in [0.2, 0.25) is 0 Å². The van der Waals surface area contributed by atoms with Crippen molar-refractivity contribution in [2.45, 2.75) is 58.3 Å². The van der Waals surface area contributed by atoms with Gasteiger partial charge in [-0.05, 0) is 42.9 Å². The molecular weight excluding hydrogens is 358 g/mol. The summed E-state index contributed by atoms with van der Waals surface area (Å²) >= 11 is 1.30. The maximum atomic E-state index is 12.6. The minimum atomic E-state index is 0.00434. The Kier molecular flexibility index (Phi) is 10.3. The van der Waals surface area contributed by atoms with Gasteiger partial charge >= 0.3 is 6.03 Å². The second-order valence-electron chi connectivity index (χ2n) is 7.31. The number of amides is 2. The molecule has 1 aromatic rings. The zero-order valence-electron chi connectivity index (χ0n) is 16.5. The van der Waals surface area contributed by atoms with E-state index in [-0.39, 0.29) is 11.1 Å². The summed E-state index contributed by atoms with van der Waals surface area (Å²) in [6.07, 6.45) is 13.1. The Labute approximate surface area is 167 Å². The van der Waals surface area contributed by atoms with Crippen LogP contribution < -0.4 is 5.32 Å². The molecule has 0 spiro atoms. The van der Waals surface area contributed by atoms with Gasteiger partial charge in [0.2, 0.25) is 0 Å². The van der Waals surface area contributed by atoms with Crippen LogP contribution in [0.25, 0.3) is 0 Å². The van der Waals surface area contributed by atoms with Gasteiger partial charge in [-0.1, -0.05) is 43.9 Å². The van der Waals surface area contributed by atoms with Gasteiger partial charge in [0.25, 0.3) is 0 Å². The summed E-state index contributed by atoms with van der Waals surface area (Å²) in [6.45, 7) is 3.67. The average molecular weight is 392 g/mol. The minimum Gasteiger partial charge on any atom is -0.338 e. The number of carbonyl (C=O) groups excluding carboxylic acids is 2. The number of thioether (sulfide) groups is 1. The predicted molar refractivity (Wildman–Crippen MR) is 112 cm³/mol. The zero-order chi connectivity index (χ0) is 19.3. The molecule has 6 heteroatoms. The molecule has 5 nitrogen and oxygen atoms in total. The monoisotopic (exact) mass is 391 g/mol. The fraction of sp³-hybridized carbons (Fsp3) is 0.667. The van der Waals surface area contributed by atoms with Gasteiger partial charge in [-0.2, -0.15) is 0 Å². The van der Waals surface area contributed by atoms with Gasteiger partial charge in [-0.3, -0.25) is 9.78 Å². The van der Waals surface area contributed by atoms with E-state index < -0.39 is 0 Å². The summed E-state index contributed by atoms with van der Waals surface area (Å²) in [6, 6.07) is 4.03. The molecule has 1 aliphatic rings. The number of nitrogens with zero attached hydrogens (tertiary/aromatic N) is 2. The highest BCUT2D eigenvalue weighted by Gasteiger charge is 2.18. The Morgan fingerprint density at radius 1 is 1.19 bits per heavy atom. The zero-order valence-corrected chi connectivity index (χ0v) is 17.3. The molecule has 1 saturated carbocycles. The SMILES string of the molecule is CC(=O)SCCN(CCC1CCCCC1)C(=O)NCCCc1ccncc1. The highest BCUT2D eigenvalue weighted by molar-refractivity contribution is 8.13. The third-order valence-electron chi connectivity index (χ3n) is 5.15. The maximum absolute atomic E-state index is 12.6. The van der Waals surface area contributed by atoms with E-state index in [1.807, 2.05) is 17.0 Å². The van der Waals surface area contributed by atoms with Crippen LogP contribution in [-0.4, -0.2) is 46.4 Å². The molecule has 1 fully saturated rings. The molecule has 0 bridgehead atoms. The Hall–Kier alpha value is -1.56. The lowest BCUT2D eigenvalue weighted by molar-refractivity contribution is -0.109. The first-order valence-corrected chi connectivity index (χ1v) is 11.2. The molecule has 2 rings (SSSR count). The van der Waals surface area contributed by atoms with Crippen molar-refractivity contribution >= 4 is 22.9 Å². The lowest BCUT2D eigenvalue weighted by Crippen LogP contribution is -2.42. The normalized spacial score (nSPS) is 14.7. The summed E-state index contributed by atoms with van der Waals surface area (Å²) in [4.78, 5) is 29.7. The summed E-state index contributed by atoms with van der Waals surface area (Å²) in [7, 11) is 0. The van der Waals surface area contributed by atoms with Crippen molar-refractivity contribution < 1.29 is 9.59 Å². The summed E-state index contributed by atoms with van der Waals surface area (Å²) in [5, 5.41) is 3.17. The standard InChI is InChI=1S/C21H33N3O2S/c1-18(25)27-17-16-24(15-11-19-6-3-2-4-7-19)21(26)23-12-5-8-20-9-13-22-14-10-20/h9-10,13-14,19H,2-8,11-12,15-17H2,1H3,(H,23,26). The van der Waals surface area contributed by atoms with E-state index in [0.29, 0.717) is 18.8 Å². The van der Waals surface area contributed by atoms with Crippen LogP contribution in [0.5, 0.6) is 0 Å². The molecule has 0 radical (unpaired) electrons. The number of hydrogen-bond donors (Lipinski definition) is 1. The molecule has 1 heterocycles. The van der Waals surface area contributed by atoms with Crippen molar-refractivity contribution in [1.29, 1.82) is 0 Å². The molecule has 1 aromatic heterocycles. The van der Waals surface area contributed by atoms with Crippen LogP contribution in [-0.2, 0) is 11.2 Å². The second-order valence-corrected chi connectivity index (χ2v) is 8.58. The van der Waals surface area contributed by atoms with Crippen molar-refractivity contribution in [3.8, 4) is 0 Å². The summed E-state index contributed by atoms with van der Waals surface area (Å²) < 4.78 is 0. The maximum Gasteiger partial charge on any atom is 0.317 e. The number of rotatable bonds is 10. The molecule has 27 heavy (non-hydrogen) atoms. The minimum absolute atomic E-state index is 0.00434. The molecule has 150 valence electrons. The lowest BCUT2D eigenvalue weighted by Gasteiger charge is -2.27. The summed E-state index contributed by atoms with van der Waals surface area (Å²) in [5.41, 5.74) is 1.24. The molecule has 0 aromatic carbocycles. The third-order valence-corrected chi connectivity index (χ3v) is 5.95. The summed E-state index contributed by atoms with van der Waals surface area (Å²) in [5.74, 6) is 1.42. The van der Waals surface area contributed by atoms with Crippen molar-refractivity contribution in [3.05, 3.63) is 30.1 Å². The largest absolute Gasteiger partial charge is 0.338 e. The van der Waals surface area contributed by atoms with E-state index in [1.165, 1.54) is 49.4 Å². The van der Waals surface area contributed by atoms with E-state index in [0.717, 1.165) is 31.7 Å². The van der Waals surface area contributed by atoms with Crippen LogP contribution in [0, 0.1) is 5.92 Å². The van der Waals surface area contributed by atoms with Crippen molar-refractivity contribution in [1.82, 2.24) is 15.2 Å². The van der Waals surface area contributed by atoms with Gasteiger partial charge in [0, 0.05) is 44.7 Å². The first-order chi connectivity index (χ1) is 13.1. The van der Waals surface area contributed by atoms with Crippen molar-refractivity contribution in [2.24, 2.45) is 5.92 Å². The van der Waals surface area contributed by atoms with Gasteiger partial charge in [0.15, 0.2) is 5.12 Å². The van der Waals surface area contributed by atoms with Crippen LogP contribution in [0.3, 0.4) is 0 Å². The van der Waals surface area contributed by atoms with Crippen LogP contribution in [0.15, 0.2) is 24.5 Å². The van der Waals surface area contributed by atoms with Gasteiger partial charge in [0.05, 0.1) is 0 Å². The smallest absolute Gasteiger partial charge is 0.317 e. The van der Waals surface area contributed by atoms with Crippen LogP contribution in [0.1, 0.15) is 57.4 Å². The van der Waals surface area contributed by atoms with Gasteiger partial charge < -0.3 is 10.2 Å². The first kappa shape index (κ1) is 21.7. The van der Waals surface area contributed by atoms with Crippen LogP contribution >= 0.6 is 11.8 Å². The number of hydrogen-bond acceptors (Lipinski definition) is 4. The first-order valence-electron chi connectivity index (χ1n) is 10.2. The van der Waals surface area contributed by atoms with Gasteiger partial charge in [-0.15, -0.1) is 0 Å². The number of urea groups is 1. The number of pyridine rings is 1. The molecule has 2 amide bonds. The van der Waals surface area contributed by atoms with E-state index >= 15 is 0 Å². The molecule has 0 atom stereocenters. The van der Waals surface area contributed by atoms with Crippen molar-refractivity contribution in [3.63, 3.8) is 0 Å². The molecule has 0 saturated heterocycles. The number of aromatic nitrogens is 1. The molecule has 0 aliphatic heterocycles. The third kappa shape index (κ3) is 9.27. The molecule has 1 N–H and O–H groups in total. The average Bonchev–Trinajstić information content (AvgIpc) is 2.69. The fourth-order valence-corrected chi connectivity index (χ4v) is 4.18. The van der Waals surface area contributed by atoms with E-state index in [2.05, 4.69) is 10.3 Å². The Balaban J connectivity index is 1.73. The quantitative estimate of drug-likeness (QED) is 0.605. The molecule has 1 aliphatic carbocycles. The molecular formula is C21H33N3O2S. The topological polar surface area (TPSA) is 62.3 Å². The highest BCUT2D eigenvalue weighted by atomic mass is 32.2. The Morgan fingerprint density at radius 2 is 1.93 bits per heavy atom. The van der Waals surface area contributed by atoms with Gasteiger partial charge in [-0.25, -0.2) is 4.79 Å².